The standard InChI is InChI=1S/C13H18N2O5/c1-3-19-8-12(16)14-15-13(17)9-20-11-6-4-10(18-2)5-7-11/h4-7H,3,8-9H2,1-2H3,(H,14,16)(H,15,17). The molecule has 0 aliphatic heterocycles. The minimum absolute atomic E-state index is 0.101. The molecule has 0 aliphatic carbocycles. The first kappa shape index (κ1) is 15.8. The molecule has 2 N–H and O–H groups in total. The van der Waals surface area contributed by atoms with E-state index in [2.05, 4.69) is 10.9 Å². The molecular weight excluding hydrogens is 264 g/mol. The summed E-state index contributed by atoms with van der Waals surface area (Å²) in [5.74, 6) is 0.335. The van der Waals surface area contributed by atoms with E-state index in [9.17, 15) is 9.59 Å². The highest BCUT2D eigenvalue weighted by atomic mass is 16.5. The van der Waals surface area contributed by atoms with Crippen molar-refractivity contribution in [3.8, 4) is 11.5 Å². The van der Waals surface area contributed by atoms with Crippen molar-refractivity contribution in [3.63, 3.8) is 0 Å². The van der Waals surface area contributed by atoms with Gasteiger partial charge in [-0.3, -0.25) is 20.4 Å². The summed E-state index contributed by atoms with van der Waals surface area (Å²) in [5, 5.41) is 0. The molecule has 1 rings (SSSR count). The molecule has 2 amide bonds. The van der Waals surface area contributed by atoms with Gasteiger partial charge in [-0.2, -0.15) is 0 Å². The van der Waals surface area contributed by atoms with Crippen molar-refractivity contribution in [2.45, 2.75) is 6.92 Å². The Balaban J connectivity index is 2.23. The van der Waals surface area contributed by atoms with Crippen molar-refractivity contribution < 1.29 is 23.8 Å². The van der Waals surface area contributed by atoms with Crippen molar-refractivity contribution in [1.82, 2.24) is 10.9 Å². The second kappa shape index (κ2) is 8.76. The molecule has 0 heterocycles. The Kier molecular flexibility index (Phi) is 6.91. The minimum atomic E-state index is -0.467. The molecule has 0 fully saturated rings. The number of carbonyl (C=O) groups is 2. The van der Waals surface area contributed by atoms with Gasteiger partial charge in [-0.1, -0.05) is 0 Å². The summed E-state index contributed by atoms with van der Waals surface area (Å²) in [4.78, 5) is 22.5. The fourth-order valence-electron chi connectivity index (χ4n) is 1.23. The van der Waals surface area contributed by atoms with E-state index in [-0.39, 0.29) is 13.2 Å². The van der Waals surface area contributed by atoms with Gasteiger partial charge in [0.05, 0.1) is 7.11 Å². The fraction of sp³-hybridized carbons (Fsp3) is 0.385. The maximum atomic E-state index is 11.4. The van der Waals surface area contributed by atoms with Crippen LogP contribution in [0.4, 0.5) is 0 Å². The highest BCUT2D eigenvalue weighted by molar-refractivity contribution is 5.83. The number of amides is 2. The lowest BCUT2D eigenvalue weighted by Gasteiger charge is -2.09. The summed E-state index contributed by atoms with van der Waals surface area (Å²) in [6.07, 6.45) is 0. The highest BCUT2D eigenvalue weighted by Crippen LogP contribution is 2.16. The van der Waals surface area contributed by atoms with Gasteiger partial charge in [0.2, 0.25) is 0 Å². The molecule has 1 aromatic rings. The van der Waals surface area contributed by atoms with Gasteiger partial charge in [-0.15, -0.1) is 0 Å². The minimum Gasteiger partial charge on any atom is -0.497 e. The van der Waals surface area contributed by atoms with E-state index >= 15 is 0 Å². The third kappa shape index (κ3) is 6.05. The average molecular weight is 282 g/mol. The summed E-state index contributed by atoms with van der Waals surface area (Å²) in [6, 6.07) is 6.80. The van der Waals surface area contributed by atoms with Crippen LogP contribution in [0.5, 0.6) is 11.5 Å². The Bertz CT molecular complexity index is 433. The smallest absolute Gasteiger partial charge is 0.276 e. The Morgan fingerprint density at radius 2 is 1.55 bits per heavy atom. The van der Waals surface area contributed by atoms with Gasteiger partial charge in [-0.05, 0) is 31.2 Å². The molecule has 0 unspecified atom stereocenters. The molecule has 0 bridgehead atoms. The molecule has 110 valence electrons. The molecule has 20 heavy (non-hydrogen) atoms. The molecule has 0 saturated carbocycles. The number of methoxy groups -OCH3 is 1. The van der Waals surface area contributed by atoms with E-state index in [1.54, 1.807) is 38.3 Å². The average Bonchev–Trinajstić information content (AvgIpc) is 2.49. The van der Waals surface area contributed by atoms with Gasteiger partial charge in [-0.25, -0.2) is 0 Å². The van der Waals surface area contributed by atoms with E-state index in [0.717, 1.165) is 0 Å². The van der Waals surface area contributed by atoms with E-state index in [0.29, 0.717) is 18.1 Å². The van der Waals surface area contributed by atoms with Crippen molar-refractivity contribution in [2.24, 2.45) is 0 Å². The van der Waals surface area contributed by atoms with Crippen LogP contribution < -0.4 is 20.3 Å². The summed E-state index contributed by atoms with van der Waals surface area (Å²) >= 11 is 0. The van der Waals surface area contributed by atoms with Gasteiger partial charge in [0, 0.05) is 6.61 Å². The summed E-state index contributed by atoms with van der Waals surface area (Å²) in [5.41, 5.74) is 4.42. The van der Waals surface area contributed by atoms with Crippen LogP contribution in [0.25, 0.3) is 0 Å². The monoisotopic (exact) mass is 282 g/mol. The summed E-state index contributed by atoms with van der Waals surface area (Å²) in [7, 11) is 1.56. The second-order valence-electron chi connectivity index (χ2n) is 3.70. The Morgan fingerprint density at radius 1 is 1.00 bits per heavy atom. The number of hydrazine groups is 1. The maximum absolute atomic E-state index is 11.4. The topological polar surface area (TPSA) is 85.9 Å². The fourth-order valence-corrected chi connectivity index (χ4v) is 1.23. The zero-order valence-electron chi connectivity index (χ0n) is 11.5. The van der Waals surface area contributed by atoms with Crippen LogP contribution in [0.1, 0.15) is 6.92 Å². The van der Waals surface area contributed by atoms with Gasteiger partial charge >= 0.3 is 0 Å². The zero-order chi connectivity index (χ0) is 14.8. The lowest BCUT2D eigenvalue weighted by Crippen LogP contribution is -2.45. The zero-order valence-corrected chi connectivity index (χ0v) is 11.5. The quantitative estimate of drug-likeness (QED) is 0.701. The lowest BCUT2D eigenvalue weighted by atomic mass is 10.3. The van der Waals surface area contributed by atoms with Crippen LogP contribution in [0.3, 0.4) is 0 Å². The van der Waals surface area contributed by atoms with Crippen LogP contribution in [-0.4, -0.2) is 38.7 Å². The van der Waals surface area contributed by atoms with E-state index in [1.165, 1.54) is 0 Å². The number of hydrogen-bond donors (Lipinski definition) is 2. The molecule has 7 heteroatoms. The number of hydrogen-bond acceptors (Lipinski definition) is 5. The number of carbonyl (C=O) groups excluding carboxylic acids is 2. The number of rotatable bonds is 7. The lowest BCUT2D eigenvalue weighted by molar-refractivity contribution is -0.132. The predicted octanol–water partition coefficient (Wildman–Crippen LogP) is 0.258. The first-order valence-corrected chi connectivity index (χ1v) is 6.08. The van der Waals surface area contributed by atoms with Crippen LogP contribution in [0.2, 0.25) is 0 Å². The van der Waals surface area contributed by atoms with Crippen molar-refractivity contribution in [3.05, 3.63) is 24.3 Å². The van der Waals surface area contributed by atoms with Crippen molar-refractivity contribution in [2.75, 3.05) is 26.9 Å². The Morgan fingerprint density at radius 3 is 2.10 bits per heavy atom. The molecular formula is C13H18N2O5. The van der Waals surface area contributed by atoms with Gasteiger partial charge in [0.1, 0.15) is 18.1 Å². The largest absolute Gasteiger partial charge is 0.497 e. The molecule has 0 spiro atoms. The number of ether oxygens (including phenoxy) is 3. The van der Waals surface area contributed by atoms with E-state index < -0.39 is 11.8 Å². The maximum Gasteiger partial charge on any atom is 0.276 e. The van der Waals surface area contributed by atoms with Crippen LogP contribution in [0, 0.1) is 0 Å². The second-order valence-corrected chi connectivity index (χ2v) is 3.70. The Labute approximate surface area is 117 Å². The molecule has 0 atom stereocenters. The van der Waals surface area contributed by atoms with Crippen molar-refractivity contribution in [1.29, 1.82) is 0 Å². The summed E-state index contributed by atoms with van der Waals surface area (Å²) in [6.45, 7) is 1.90. The van der Waals surface area contributed by atoms with Crippen molar-refractivity contribution >= 4 is 11.8 Å². The molecule has 0 radical (unpaired) electrons. The summed E-state index contributed by atoms with van der Waals surface area (Å²) < 4.78 is 15.1. The van der Waals surface area contributed by atoms with E-state index in [4.69, 9.17) is 14.2 Å². The van der Waals surface area contributed by atoms with Gasteiger partial charge in [0.25, 0.3) is 11.8 Å². The molecule has 0 aromatic heterocycles. The van der Waals surface area contributed by atoms with Crippen LogP contribution in [-0.2, 0) is 14.3 Å². The molecule has 0 saturated heterocycles. The first-order chi connectivity index (χ1) is 9.65. The number of benzene rings is 1. The van der Waals surface area contributed by atoms with E-state index in [1.807, 2.05) is 0 Å². The van der Waals surface area contributed by atoms with Gasteiger partial charge in [0.15, 0.2) is 6.61 Å². The van der Waals surface area contributed by atoms with Crippen LogP contribution in [0.15, 0.2) is 24.3 Å². The first-order valence-electron chi connectivity index (χ1n) is 6.08. The molecule has 1 aromatic carbocycles. The predicted molar refractivity (Wildman–Crippen MR) is 71.3 cm³/mol. The molecule has 0 aliphatic rings. The van der Waals surface area contributed by atoms with Gasteiger partial charge < -0.3 is 14.2 Å². The number of nitrogens with one attached hydrogen (secondary N) is 2. The normalized spacial score (nSPS) is 9.70. The highest BCUT2D eigenvalue weighted by Gasteiger charge is 2.05. The Hall–Kier alpha value is -2.28. The molecule has 7 nitrogen and oxygen atoms in total. The third-order valence-electron chi connectivity index (χ3n) is 2.21. The third-order valence-corrected chi connectivity index (χ3v) is 2.21. The van der Waals surface area contributed by atoms with Crippen LogP contribution >= 0.6 is 0 Å². The SMILES string of the molecule is CCOCC(=O)NNC(=O)COc1ccc(OC)cc1.